The van der Waals surface area contributed by atoms with Crippen LogP contribution in [0.1, 0.15) is 41.3 Å². The van der Waals surface area contributed by atoms with Crippen molar-refractivity contribution in [2.45, 2.75) is 45.0 Å². The lowest BCUT2D eigenvalue weighted by Gasteiger charge is -2.38. The van der Waals surface area contributed by atoms with Gasteiger partial charge in [-0.2, -0.15) is 0 Å². The molecule has 1 aromatic carbocycles. The molecule has 1 atom stereocenters. The number of carbonyl (C=O) groups excluding carboxylic acids is 3. The Bertz CT molecular complexity index is 1080. The molecule has 8 heteroatoms. The highest BCUT2D eigenvalue weighted by Crippen LogP contribution is 2.31. The molecule has 3 aliphatic heterocycles. The van der Waals surface area contributed by atoms with Gasteiger partial charge in [0.1, 0.15) is 6.04 Å². The number of likely N-dealkylation sites (tertiary alicyclic amines) is 1. The lowest BCUT2D eigenvalue weighted by atomic mass is 10.0. The second-order valence-corrected chi connectivity index (χ2v) is 8.59. The van der Waals surface area contributed by atoms with Crippen molar-refractivity contribution in [3.63, 3.8) is 0 Å². The first kappa shape index (κ1) is 20.8. The maximum absolute atomic E-state index is 12.9. The van der Waals surface area contributed by atoms with Gasteiger partial charge >= 0.3 is 0 Å². The SMILES string of the molecule is CCOC1CN(Cc2ccnc(-c3ccc4c(c3)CN(C3CCC(=O)NC3=O)C4=O)c2)C1. The molecule has 5 rings (SSSR count). The summed E-state index contributed by atoms with van der Waals surface area (Å²) >= 11 is 0. The fraction of sp³-hybridized carbons (Fsp3) is 0.417. The van der Waals surface area contributed by atoms with Crippen LogP contribution < -0.4 is 5.32 Å². The summed E-state index contributed by atoms with van der Waals surface area (Å²) in [4.78, 5) is 45.0. The molecule has 0 spiro atoms. The number of hydrogen-bond acceptors (Lipinski definition) is 6. The van der Waals surface area contributed by atoms with Crippen LogP contribution in [0.25, 0.3) is 11.3 Å². The van der Waals surface area contributed by atoms with Crippen LogP contribution in [0.15, 0.2) is 36.5 Å². The molecule has 2 aromatic rings. The minimum Gasteiger partial charge on any atom is -0.376 e. The van der Waals surface area contributed by atoms with Crippen LogP contribution in [-0.2, 0) is 27.4 Å². The second kappa shape index (κ2) is 8.44. The number of amides is 3. The summed E-state index contributed by atoms with van der Waals surface area (Å²) in [5.41, 5.74) is 4.48. The van der Waals surface area contributed by atoms with Crippen molar-refractivity contribution >= 4 is 17.7 Å². The molecule has 1 aromatic heterocycles. The number of carbonyl (C=O) groups is 3. The molecule has 0 bridgehead atoms. The minimum atomic E-state index is -0.602. The third-order valence-electron chi connectivity index (χ3n) is 6.38. The number of fused-ring (bicyclic) bond motifs is 1. The van der Waals surface area contributed by atoms with E-state index in [1.807, 2.05) is 37.4 Å². The minimum absolute atomic E-state index is 0.163. The number of nitrogens with one attached hydrogen (secondary N) is 1. The molecule has 166 valence electrons. The largest absolute Gasteiger partial charge is 0.376 e. The molecular weight excluding hydrogens is 408 g/mol. The number of benzene rings is 1. The van der Waals surface area contributed by atoms with Crippen LogP contribution in [-0.4, -0.2) is 64.3 Å². The molecule has 0 saturated carbocycles. The number of hydrogen-bond donors (Lipinski definition) is 1. The first-order valence-electron chi connectivity index (χ1n) is 11.1. The van der Waals surface area contributed by atoms with Gasteiger partial charge < -0.3 is 9.64 Å². The third kappa shape index (κ3) is 3.91. The smallest absolute Gasteiger partial charge is 0.255 e. The fourth-order valence-corrected chi connectivity index (χ4v) is 4.72. The van der Waals surface area contributed by atoms with E-state index in [2.05, 4.69) is 21.3 Å². The molecule has 4 heterocycles. The van der Waals surface area contributed by atoms with E-state index in [0.717, 1.165) is 43.1 Å². The number of imide groups is 1. The standard InChI is InChI=1S/C24H26N4O4/c1-2-32-18-13-27(14-18)11-15-7-8-25-20(9-15)16-3-4-19-17(10-16)12-28(24(19)31)21-5-6-22(29)26-23(21)30/h3-4,7-10,18,21H,2,5-6,11-14H2,1H3,(H,26,29,30). The summed E-state index contributed by atoms with van der Waals surface area (Å²) in [5.74, 6) is -0.839. The number of aromatic nitrogens is 1. The molecule has 0 aliphatic carbocycles. The Hall–Kier alpha value is -3.10. The van der Waals surface area contributed by atoms with Crippen LogP contribution in [0.5, 0.6) is 0 Å². The van der Waals surface area contributed by atoms with Crippen LogP contribution in [0.4, 0.5) is 0 Å². The van der Waals surface area contributed by atoms with Gasteiger partial charge in [-0.1, -0.05) is 6.07 Å². The van der Waals surface area contributed by atoms with Gasteiger partial charge in [0.2, 0.25) is 11.8 Å². The van der Waals surface area contributed by atoms with Gasteiger partial charge in [-0.15, -0.1) is 0 Å². The summed E-state index contributed by atoms with van der Waals surface area (Å²) in [6, 6.07) is 9.22. The number of rotatable bonds is 6. The van der Waals surface area contributed by atoms with E-state index in [1.54, 1.807) is 4.90 Å². The lowest BCUT2D eigenvalue weighted by molar-refractivity contribution is -0.136. The topological polar surface area (TPSA) is 91.8 Å². The quantitative estimate of drug-likeness (QED) is 0.697. The van der Waals surface area contributed by atoms with E-state index in [-0.39, 0.29) is 18.2 Å². The zero-order valence-electron chi connectivity index (χ0n) is 18.0. The van der Waals surface area contributed by atoms with Gasteiger partial charge in [-0.3, -0.25) is 29.6 Å². The Kier molecular flexibility index (Phi) is 5.48. The van der Waals surface area contributed by atoms with Crippen molar-refractivity contribution in [2.75, 3.05) is 19.7 Å². The molecule has 3 amide bonds. The Morgan fingerprint density at radius 3 is 2.78 bits per heavy atom. The summed E-state index contributed by atoms with van der Waals surface area (Å²) in [6.07, 6.45) is 2.77. The van der Waals surface area contributed by atoms with Gasteiger partial charge in [0.25, 0.3) is 5.91 Å². The van der Waals surface area contributed by atoms with Crippen molar-refractivity contribution in [3.05, 3.63) is 53.2 Å². The molecule has 2 saturated heterocycles. The van der Waals surface area contributed by atoms with E-state index in [9.17, 15) is 14.4 Å². The van der Waals surface area contributed by atoms with Crippen molar-refractivity contribution in [3.8, 4) is 11.3 Å². The molecule has 1 unspecified atom stereocenters. The predicted octanol–water partition coefficient (Wildman–Crippen LogP) is 1.73. The highest BCUT2D eigenvalue weighted by Gasteiger charge is 2.39. The summed E-state index contributed by atoms with van der Waals surface area (Å²) < 4.78 is 5.63. The molecule has 2 fully saturated rings. The molecule has 32 heavy (non-hydrogen) atoms. The Balaban J connectivity index is 1.30. The first-order valence-corrected chi connectivity index (χ1v) is 11.1. The van der Waals surface area contributed by atoms with Gasteiger partial charge in [-0.25, -0.2) is 0 Å². The zero-order valence-corrected chi connectivity index (χ0v) is 18.0. The normalized spacial score (nSPS) is 21.5. The van der Waals surface area contributed by atoms with Crippen LogP contribution in [0.2, 0.25) is 0 Å². The van der Waals surface area contributed by atoms with E-state index in [4.69, 9.17) is 4.74 Å². The summed E-state index contributed by atoms with van der Waals surface area (Å²) in [5, 5.41) is 2.34. The molecule has 1 N–H and O–H groups in total. The Morgan fingerprint density at radius 2 is 2.00 bits per heavy atom. The van der Waals surface area contributed by atoms with Crippen molar-refractivity contribution in [2.24, 2.45) is 0 Å². The van der Waals surface area contributed by atoms with Crippen LogP contribution >= 0.6 is 0 Å². The number of pyridine rings is 1. The summed E-state index contributed by atoms with van der Waals surface area (Å²) in [6.45, 7) is 5.88. The van der Waals surface area contributed by atoms with Crippen LogP contribution in [0.3, 0.4) is 0 Å². The highest BCUT2D eigenvalue weighted by molar-refractivity contribution is 6.05. The van der Waals surface area contributed by atoms with E-state index >= 15 is 0 Å². The van der Waals surface area contributed by atoms with Crippen molar-refractivity contribution in [1.82, 2.24) is 20.1 Å². The molecule has 3 aliphatic rings. The highest BCUT2D eigenvalue weighted by atomic mass is 16.5. The average molecular weight is 434 g/mol. The number of piperidine rings is 1. The van der Waals surface area contributed by atoms with Gasteiger partial charge in [0.05, 0.1) is 11.8 Å². The average Bonchev–Trinajstić information content (AvgIpc) is 3.08. The third-order valence-corrected chi connectivity index (χ3v) is 6.38. The predicted molar refractivity (Wildman–Crippen MR) is 116 cm³/mol. The first-order chi connectivity index (χ1) is 15.5. The Morgan fingerprint density at radius 1 is 1.16 bits per heavy atom. The van der Waals surface area contributed by atoms with Gasteiger partial charge in [0.15, 0.2) is 0 Å². The van der Waals surface area contributed by atoms with Crippen LogP contribution in [0, 0.1) is 0 Å². The number of nitrogens with zero attached hydrogens (tertiary/aromatic N) is 3. The second-order valence-electron chi connectivity index (χ2n) is 8.59. The molecule has 8 nitrogen and oxygen atoms in total. The van der Waals surface area contributed by atoms with Gasteiger partial charge in [0, 0.05) is 56.5 Å². The van der Waals surface area contributed by atoms with Gasteiger partial charge in [-0.05, 0) is 48.7 Å². The monoisotopic (exact) mass is 434 g/mol. The fourth-order valence-electron chi connectivity index (χ4n) is 4.72. The number of ether oxygens (including phenoxy) is 1. The van der Waals surface area contributed by atoms with E-state index in [1.165, 1.54) is 5.56 Å². The van der Waals surface area contributed by atoms with Crippen molar-refractivity contribution < 1.29 is 19.1 Å². The molecule has 0 radical (unpaired) electrons. The zero-order chi connectivity index (χ0) is 22.2. The lowest BCUT2D eigenvalue weighted by Crippen LogP contribution is -2.52. The maximum atomic E-state index is 12.9. The Labute approximate surface area is 186 Å². The summed E-state index contributed by atoms with van der Waals surface area (Å²) in [7, 11) is 0. The maximum Gasteiger partial charge on any atom is 0.255 e. The molecular formula is C24H26N4O4. The van der Waals surface area contributed by atoms with E-state index in [0.29, 0.717) is 24.6 Å². The van der Waals surface area contributed by atoms with E-state index < -0.39 is 11.9 Å². The van der Waals surface area contributed by atoms with Crippen molar-refractivity contribution in [1.29, 1.82) is 0 Å².